The molecule has 1 saturated heterocycles. The van der Waals surface area contributed by atoms with Gasteiger partial charge in [0.15, 0.2) is 0 Å². The molecule has 1 aliphatic heterocycles. The number of furan rings is 1. The first-order valence-corrected chi connectivity index (χ1v) is 9.48. The lowest BCUT2D eigenvalue weighted by Gasteiger charge is -2.28. The number of aliphatic imine (C=N–C) groups is 1. The van der Waals surface area contributed by atoms with Crippen LogP contribution in [0.2, 0.25) is 0 Å². The fourth-order valence-corrected chi connectivity index (χ4v) is 3.18. The fourth-order valence-electron chi connectivity index (χ4n) is 3.18. The monoisotopic (exact) mass is 390 g/mol. The second kappa shape index (κ2) is 8.75. The number of nitrogens with zero attached hydrogens (tertiary/aromatic N) is 2. The summed E-state index contributed by atoms with van der Waals surface area (Å²) in [6.07, 6.45) is 1.70. The van der Waals surface area contributed by atoms with Gasteiger partial charge in [-0.3, -0.25) is 4.99 Å². The Balaban J connectivity index is 1.42. The third-order valence-corrected chi connectivity index (χ3v) is 4.78. The van der Waals surface area contributed by atoms with Gasteiger partial charge in [-0.25, -0.2) is 4.79 Å². The molecule has 0 spiro atoms. The van der Waals surface area contributed by atoms with Gasteiger partial charge in [0.25, 0.3) is 0 Å². The molecule has 4 rings (SSSR count). The van der Waals surface area contributed by atoms with Gasteiger partial charge in [-0.15, -0.1) is 0 Å². The molecule has 1 aliphatic rings. The van der Waals surface area contributed by atoms with Crippen molar-refractivity contribution < 1.29 is 18.7 Å². The fraction of sp³-hybridized carbons (Fsp3) is 0.217. The topological polar surface area (TPSA) is 64.3 Å². The third kappa shape index (κ3) is 4.55. The number of hydrogen-bond acceptors (Lipinski definition) is 6. The number of carbonyl (C=O) groups excluding carboxylic acids is 1. The quantitative estimate of drug-likeness (QED) is 0.480. The van der Waals surface area contributed by atoms with E-state index >= 15 is 0 Å². The van der Waals surface area contributed by atoms with Crippen LogP contribution in [0.15, 0.2) is 70.1 Å². The molecule has 2 heterocycles. The van der Waals surface area contributed by atoms with Gasteiger partial charge in [0.05, 0.1) is 37.8 Å². The molecule has 0 bridgehead atoms. The maximum Gasteiger partial charge on any atom is 0.337 e. The second-order valence-corrected chi connectivity index (χ2v) is 6.64. The van der Waals surface area contributed by atoms with Crippen molar-refractivity contribution in [2.24, 2.45) is 4.99 Å². The lowest BCUT2D eigenvalue weighted by molar-refractivity contribution is 0.0600. The Labute approximate surface area is 169 Å². The van der Waals surface area contributed by atoms with Gasteiger partial charge in [-0.1, -0.05) is 12.1 Å². The highest BCUT2D eigenvalue weighted by molar-refractivity contribution is 5.90. The molecule has 0 saturated carbocycles. The summed E-state index contributed by atoms with van der Waals surface area (Å²) in [7, 11) is 1.37. The van der Waals surface area contributed by atoms with Crippen LogP contribution in [0.5, 0.6) is 0 Å². The average Bonchev–Trinajstić information content (AvgIpc) is 3.27. The number of anilines is 1. The standard InChI is InChI=1S/C23H22N2O4/c1-27-23(26)18-4-2-17(3-5-18)22-11-10-21(29-22)16-24-19-6-8-20(9-7-19)25-12-14-28-15-13-25/h2-11,16H,12-15H2,1H3. The van der Waals surface area contributed by atoms with Crippen molar-refractivity contribution in [3.05, 3.63) is 72.0 Å². The minimum atomic E-state index is -0.358. The molecule has 1 aromatic heterocycles. The first-order chi connectivity index (χ1) is 14.2. The van der Waals surface area contributed by atoms with Crippen LogP contribution in [0.4, 0.5) is 11.4 Å². The highest BCUT2D eigenvalue weighted by atomic mass is 16.5. The van der Waals surface area contributed by atoms with Crippen LogP contribution < -0.4 is 4.90 Å². The maximum atomic E-state index is 11.5. The van der Waals surface area contributed by atoms with E-state index in [-0.39, 0.29) is 5.97 Å². The highest BCUT2D eigenvalue weighted by Gasteiger charge is 2.11. The minimum absolute atomic E-state index is 0.358. The number of hydrogen-bond donors (Lipinski definition) is 0. The largest absolute Gasteiger partial charge is 0.465 e. The van der Waals surface area contributed by atoms with Crippen molar-refractivity contribution in [3.63, 3.8) is 0 Å². The molecule has 0 aliphatic carbocycles. The first kappa shape index (κ1) is 19.0. The van der Waals surface area contributed by atoms with Crippen molar-refractivity contribution >= 4 is 23.6 Å². The van der Waals surface area contributed by atoms with Gasteiger partial charge in [-0.2, -0.15) is 0 Å². The van der Waals surface area contributed by atoms with Gasteiger partial charge >= 0.3 is 5.97 Å². The van der Waals surface area contributed by atoms with Gasteiger partial charge in [0, 0.05) is 24.3 Å². The highest BCUT2D eigenvalue weighted by Crippen LogP contribution is 2.24. The Morgan fingerprint density at radius 3 is 2.41 bits per heavy atom. The molecular weight excluding hydrogens is 368 g/mol. The smallest absolute Gasteiger partial charge is 0.337 e. The van der Waals surface area contributed by atoms with E-state index in [1.807, 2.05) is 36.4 Å². The minimum Gasteiger partial charge on any atom is -0.465 e. The molecule has 2 aromatic carbocycles. The van der Waals surface area contributed by atoms with E-state index in [1.54, 1.807) is 18.3 Å². The molecule has 0 N–H and O–H groups in total. The summed E-state index contributed by atoms with van der Waals surface area (Å²) >= 11 is 0. The van der Waals surface area contributed by atoms with Crippen molar-refractivity contribution in [2.75, 3.05) is 38.3 Å². The summed E-state index contributed by atoms with van der Waals surface area (Å²) in [5, 5.41) is 0. The average molecular weight is 390 g/mol. The van der Waals surface area contributed by atoms with Crippen LogP contribution in [0, 0.1) is 0 Å². The molecule has 0 radical (unpaired) electrons. The normalized spacial score (nSPS) is 14.3. The lowest BCUT2D eigenvalue weighted by Crippen LogP contribution is -2.36. The Morgan fingerprint density at radius 2 is 1.72 bits per heavy atom. The van der Waals surface area contributed by atoms with E-state index in [4.69, 9.17) is 13.9 Å². The van der Waals surface area contributed by atoms with E-state index in [9.17, 15) is 4.79 Å². The first-order valence-electron chi connectivity index (χ1n) is 9.48. The summed E-state index contributed by atoms with van der Waals surface area (Å²) < 4.78 is 16.0. The zero-order valence-corrected chi connectivity index (χ0v) is 16.2. The predicted octanol–water partition coefficient (Wildman–Crippen LogP) is 4.32. The van der Waals surface area contributed by atoms with Crippen molar-refractivity contribution in [1.29, 1.82) is 0 Å². The summed E-state index contributed by atoms with van der Waals surface area (Å²) in [5.74, 6) is 1.02. The predicted molar refractivity (Wildman–Crippen MR) is 112 cm³/mol. The van der Waals surface area contributed by atoms with Crippen LogP contribution in [-0.2, 0) is 9.47 Å². The van der Waals surface area contributed by atoms with Crippen LogP contribution in [0.1, 0.15) is 16.1 Å². The Kier molecular flexibility index (Phi) is 5.72. The summed E-state index contributed by atoms with van der Waals surface area (Å²) in [4.78, 5) is 18.3. The molecule has 148 valence electrons. The zero-order chi connectivity index (χ0) is 20.1. The summed E-state index contributed by atoms with van der Waals surface area (Å²) in [6, 6.07) is 19.0. The number of ether oxygens (including phenoxy) is 2. The number of morpholine rings is 1. The number of esters is 1. The summed E-state index contributed by atoms with van der Waals surface area (Å²) in [5.41, 5.74) is 3.43. The van der Waals surface area contributed by atoms with Crippen LogP contribution in [-0.4, -0.2) is 45.6 Å². The molecule has 29 heavy (non-hydrogen) atoms. The van der Waals surface area contributed by atoms with Gasteiger partial charge in [0.1, 0.15) is 11.5 Å². The van der Waals surface area contributed by atoms with Crippen molar-refractivity contribution in [3.8, 4) is 11.3 Å². The van der Waals surface area contributed by atoms with Crippen LogP contribution in [0.25, 0.3) is 11.3 Å². The molecule has 6 nitrogen and oxygen atoms in total. The molecule has 6 heteroatoms. The van der Waals surface area contributed by atoms with E-state index in [0.717, 1.165) is 37.6 Å². The van der Waals surface area contributed by atoms with Gasteiger partial charge < -0.3 is 18.8 Å². The van der Waals surface area contributed by atoms with Gasteiger partial charge in [0.2, 0.25) is 0 Å². The van der Waals surface area contributed by atoms with Gasteiger partial charge in [-0.05, 0) is 48.5 Å². The lowest BCUT2D eigenvalue weighted by atomic mass is 10.1. The molecule has 1 fully saturated rings. The van der Waals surface area contributed by atoms with Crippen molar-refractivity contribution in [1.82, 2.24) is 0 Å². The number of rotatable bonds is 5. The third-order valence-electron chi connectivity index (χ3n) is 4.78. The molecule has 0 atom stereocenters. The molecule has 3 aromatic rings. The Morgan fingerprint density at radius 1 is 1.00 bits per heavy atom. The van der Waals surface area contributed by atoms with Crippen LogP contribution in [0.3, 0.4) is 0 Å². The Hall–Kier alpha value is -3.38. The van der Waals surface area contributed by atoms with E-state index in [0.29, 0.717) is 17.1 Å². The molecule has 0 unspecified atom stereocenters. The van der Waals surface area contributed by atoms with E-state index in [2.05, 4.69) is 22.0 Å². The Bertz CT molecular complexity index is 984. The maximum absolute atomic E-state index is 11.5. The second-order valence-electron chi connectivity index (χ2n) is 6.64. The van der Waals surface area contributed by atoms with E-state index in [1.165, 1.54) is 12.8 Å². The SMILES string of the molecule is COC(=O)c1ccc(-c2ccc(C=Nc3ccc(N4CCOCC4)cc3)o2)cc1. The number of methoxy groups -OCH3 is 1. The van der Waals surface area contributed by atoms with E-state index < -0.39 is 0 Å². The molecular formula is C23H22N2O4. The molecule has 0 amide bonds. The zero-order valence-electron chi connectivity index (χ0n) is 16.2. The number of carbonyl (C=O) groups is 1. The summed E-state index contributed by atoms with van der Waals surface area (Å²) in [6.45, 7) is 3.37. The van der Waals surface area contributed by atoms with Crippen molar-refractivity contribution in [2.45, 2.75) is 0 Å². The number of benzene rings is 2. The van der Waals surface area contributed by atoms with Crippen LogP contribution >= 0.6 is 0 Å².